The minimum atomic E-state index is -0.929. The van der Waals surface area contributed by atoms with Crippen molar-refractivity contribution in [2.24, 2.45) is 0 Å². The maximum absolute atomic E-state index is 11.6. The van der Waals surface area contributed by atoms with Gasteiger partial charge in [-0.2, -0.15) is 0 Å². The van der Waals surface area contributed by atoms with Crippen molar-refractivity contribution < 1.29 is 23.8 Å². The zero-order valence-electron chi connectivity index (χ0n) is 9.93. The van der Waals surface area contributed by atoms with Crippen molar-refractivity contribution in [2.45, 2.75) is 25.4 Å². The van der Waals surface area contributed by atoms with Gasteiger partial charge in [-0.25, -0.2) is 9.59 Å². The molecule has 1 aliphatic rings. The van der Waals surface area contributed by atoms with Crippen LogP contribution in [0.5, 0.6) is 0 Å². The highest BCUT2D eigenvalue weighted by atomic mass is 32.2. The molecule has 1 heterocycles. The first-order valence-electron chi connectivity index (χ1n) is 5.27. The molecule has 5 nitrogen and oxygen atoms in total. The number of ether oxygens (including phenoxy) is 3. The Kier molecular flexibility index (Phi) is 5.50. The summed E-state index contributed by atoms with van der Waals surface area (Å²) >= 11 is 1.51. The largest absolute Gasteiger partial charge is 0.447 e. The molecular formula is C11H16O5S. The van der Waals surface area contributed by atoms with E-state index in [0.29, 0.717) is 13.2 Å². The Morgan fingerprint density at radius 2 is 2.24 bits per heavy atom. The van der Waals surface area contributed by atoms with Gasteiger partial charge >= 0.3 is 11.9 Å². The molecule has 96 valence electrons. The number of carbonyl (C=O) groups is 2. The van der Waals surface area contributed by atoms with Crippen molar-refractivity contribution in [1.29, 1.82) is 0 Å². The molecule has 0 saturated carbocycles. The van der Waals surface area contributed by atoms with E-state index in [1.165, 1.54) is 25.6 Å². The van der Waals surface area contributed by atoms with Crippen LogP contribution in [0.25, 0.3) is 0 Å². The van der Waals surface area contributed by atoms with E-state index < -0.39 is 18.0 Å². The molecule has 0 amide bonds. The first-order chi connectivity index (χ1) is 8.00. The summed E-state index contributed by atoms with van der Waals surface area (Å²) in [5, 5.41) is 0. The van der Waals surface area contributed by atoms with Crippen LogP contribution >= 0.6 is 11.8 Å². The third-order valence-corrected chi connectivity index (χ3v) is 3.00. The maximum atomic E-state index is 11.6. The van der Waals surface area contributed by atoms with Gasteiger partial charge in [0.15, 0.2) is 11.5 Å². The van der Waals surface area contributed by atoms with Gasteiger partial charge in [-0.15, -0.1) is 11.8 Å². The van der Waals surface area contributed by atoms with Crippen molar-refractivity contribution in [3.8, 4) is 0 Å². The second-order valence-electron chi connectivity index (χ2n) is 3.64. The molecule has 0 aromatic heterocycles. The van der Waals surface area contributed by atoms with Crippen LogP contribution in [0.2, 0.25) is 0 Å². The highest BCUT2D eigenvalue weighted by molar-refractivity contribution is 7.99. The maximum Gasteiger partial charge on any atom is 0.348 e. The molecule has 0 aromatic rings. The summed E-state index contributed by atoms with van der Waals surface area (Å²) in [6, 6.07) is 0. The molecule has 6 heteroatoms. The number of carbonyl (C=O) groups excluding carboxylic acids is 2. The average Bonchev–Trinajstić information content (AvgIpc) is 2.29. The average molecular weight is 260 g/mol. The van der Waals surface area contributed by atoms with Crippen LogP contribution in [0.4, 0.5) is 0 Å². The molecule has 2 atom stereocenters. The van der Waals surface area contributed by atoms with Crippen molar-refractivity contribution in [1.82, 2.24) is 0 Å². The zero-order chi connectivity index (χ0) is 12.8. The van der Waals surface area contributed by atoms with Gasteiger partial charge in [0.25, 0.3) is 0 Å². The highest BCUT2D eigenvalue weighted by Crippen LogP contribution is 2.18. The standard InChI is InChI=1S/C11H16O5S/c1-7(2)10(12)15-8(3)11(13)16-9-6-14-4-5-17-9/h8-9H,1,4-6H2,2-3H3. The van der Waals surface area contributed by atoms with E-state index in [-0.39, 0.29) is 11.0 Å². The molecule has 2 unspecified atom stereocenters. The summed E-state index contributed by atoms with van der Waals surface area (Å²) < 4.78 is 15.1. The Balaban J connectivity index is 2.35. The van der Waals surface area contributed by atoms with Crippen LogP contribution in [-0.4, -0.2) is 42.4 Å². The summed E-state index contributed by atoms with van der Waals surface area (Å²) in [4.78, 5) is 22.8. The third kappa shape index (κ3) is 4.79. The van der Waals surface area contributed by atoms with E-state index in [1.54, 1.807) is 0 Å². The van der Waals surface area contributed by atoms with E-state index in [0.717, 1.165) is 5.75 Å². The van der Waals surface area contributed by atoms with E-state index in [4.69, 9.17) is 14.2 Å². The van der Waals surface area contributed by atoms with Gasteiger partial charge in [-0.05, 0) is 13.8 Å². The number of rotatable bonds is 4. The lowest BCUT2D eigenvalue weighted by atomic mass is 10.3. The highest BCUT2D eigenvalue weighted by Gasteiger charge is 2.25. The molecule has 0 bridgehead atoms. The van der Waals surface area contributed by atoms with Crippen LogP contribution in [0.3, 0.4) is 0 Å². The molecular weight excluding hydrogens is 244 g/mol. The minimum absolute atomic E-state index is 0.250. The quantitative estimate of drug-likeness (QED) is 0.558. The fourth-order valence-corrected chi connectivity index (χ4v) is 1.90. The van der Waals surface area contributed by atoms with Gasteiger partial charge in [0.2, 0.25) is 0 Å². The van der Waals surface area contributed by atoms with E-state index >= 15 is 0 Å². The number of hydrogen-bond acceptors (Lipinski definition) is 6. The zero-order valence-corrected chi connectivity index (χ0v) is 10.7. The SMILES string of the molecule is C=C(C)C(=O)OC(C)C(=O)OC1COCCS1. The molecule has 0 aliphatic carbocycles. The van der Waals surface area contributed by atoms with Crippen LogP contribution in [-0.2, 0) is 23.8 Å². The second-order valence-corrected chi connectivity index (χ2v) is 4.91. The molecule has 0 spiro atoms. The molecule has 1 aliphatic heterocycles. The van der Waals surface area contributed by atoms with Crippen LogP contribution in [0.1, 0.15) is 13.8 Å². The van der Waals surface area contributed by atoms with Crippen LogP contribution < -0.4 is 0 Å². The summed E-state index contributed by atoms with van der Waals surface area (Å²) in [7, 11) is 0. The Labute approximate surface area is 104 Å². The Hall–Kier alpha value is -1.01. The van der Waals surface area contributed by atoms with Gasteiger partial charge in [-0.1, -0.05) is 6.58 Å². The monoisotopic (exact) mass is 260 g/mol. The Morgan fingerprint density at radius 1 is 1.53 bits per heavy atom. The summed E-state index contributed by atoms with van der Waals surface area (Å²) in [5.41, 5.74) is -0.0674. The van der Waals surface area contributed by atoms with Gasteiger partial charge in [0, 0.05) is 11.3 Å². The van der Waals surface area contributed by atoms with Gasteiger partial charge < -0.3 is 14.2 Å². The second kappa shape index (κ2) is 6.66. The van der Waals surface area contributed by atoms with Crippen LogP contribution in [0, 0.1) is 0 Å². The fraction of sp³-hybridized carbons (Fsp3) is 0.636. The molecule has 0 radical (unpaired) electrons. The molecule has 1 rings (SSSR count). The third-order valence-electron chi connectivity index (χ3n) is 2.00. The lowest BCUT2D eigenvalue weighted by Gasteiger charge is -2.23. The molecule has 17 heavy (non-hydrogen) atoms. The first-order valence-corrected chi connectivity index (χ1v) is 6.32. The lowest BCUT2D eigenvalue weighted by Crippen LogP contribution is -2.32. The fourth-order valence-electron chi connectivity index (χ4n) is 1.07. The number of thioether (sulfide) groups is 1. The molecule has 1 saturated heterocycles. The number of hydrogen-bond donors (Lipinski definition) is 0. The van der Waals surface area contributed by atoms with Gasteiger partial charge in [0.05, 0.1) is 13.2 Å². The van der Waals surface area contributed by atoms with Crippen molar-refractivity contribution in [2.75, 3.05) is 19.0 Å². The molecule has 1 fully saturated rings. The Morgan fingerprint density at radius 3 is 2.76 bits per heavy atom. The number of esters is 2. The molecule has 0 N–H and O–H groups in total. The van der Waals surface area contributed by atoms with E-state index in [1.807, 2.05) is 0 Å². The van der Waals surface area contributed by atoms with E-state index in [2.05, 4.69) is 6.58 Å². The predicted molar refractivity (Wildman–Crippen MR) is 63.5 cm³/mol. The van der Waals surface area contributed by atoms with Crippen molar-refractivity contribution in [3.63, 3.8) is 0 Å². The normalized spacial score (nSPS) is 21.4. The lowest BCUT2D eigenvalue weighted by molar-refractivity contribution is -0.166. The van der Waals surface area contributed by atoms with Crippen molar-refractivity contribution >= 4 is 23.7 Å². The summed E-state index contributed by atoms with van der Waals surface area (Å²) in [6.07, 6.45) is -0.929. The predicted octanol–water partition coefficient (Wildman–Crippen LogP) is 1.13. The van der Waals surface area contributed by atoms with E-state index in [9.17, 15) is 9.59 Å². The Bertz CT molecular complexity index is 309. The first kappa shape index (κ1) is 14.1. The van der Waals surface area contributed by atoms with Crippen LogP contribution in [0.15, 0.2) is 12.2 Å². The molecule has 0 aromatic carbocycles. The summed E-state index contributed by atoms with van der Waals surface area (Å²) in [5.74, 6) is -0.373. The topological polar surface area (TPSA) is 61.8 Å². The van der Waals surface area contributed by atoms with Gasteiger partial charge in [-0.3, -0.25) is 0 Å². The smallest absolute Gasteiger partial charge is 0.348 e. The minimum Gasteiger partial charge on any atom is -0.447 e. The summed E-state index contributed by atoms with van der Waals surface area (Å²) in [6.45, 7) is 7.46. The van der Waals surface area contributed by atoms with Gasteiger partial charge in [0.1, 0.15) is 0 Å². The van der Waals surface area contributed by atoms with Crippen molar-refractivity contribution in [3.05, 3.63) is 12.2 Å².